The van der Waals surface area contributed by atoms with Crippen molar-refractivity contribution < 1.29 is 9.84 Å². The van der Waals surface area contributed by atoms with E-state index in [1.165, 1.54) is 10.9 Å². The summed E-state index contributed by atoms with van der Waals surface area (Å²) in [4.78, 5) is 9.30. The van der Waals surface area contributed by atoms with E-state index >= 15 is 0 Å². The van der Waals surface area contributed by atoms with Gasteiger partial charge in [-0.2, -0.15) is 0 Å². The first kappa shape index (κ1) is 19.3. The highest BCUT2D eigenvalue weighted by Gasteiger charge is 2.16. The molecular formula is C28H21N3O2. The van der Waals surface area contributed by atoms with Crippen molar-refractivity contribution in [2.45, 2.75) is 13.8 Å². The van der Waals surface area contributed by atoms with Crippen molar-refractivity contribution in [3.05, 3.63) is 96.2 Å². The zero-order valence-electron chi connectivity index (χ0n) is 18.3. The average Bonchev–Trinajstić information content (AvgIpc) is 3.15. The Balaban J connectivity index is 1.54. The number of aryl methyl sites for hydroxylation is 2. The van der Waals surface area contributed by atoms with Gasteiger partial charge in [-0.15, -0.1) is 0 Å². The molecule has 1 N–H and O–H groups in total. The fraction of sp³-hybridized carbons (Fsp3) is 0.0714. The van der Waals surface area contributed by atoms with Gasteiger partial charge in [0, 0.05) is 34.0 Å². The maximum atomic E-state index is 10.2. The minimum atomic E-state index is 0.134. The van der Waals surface area contributed by atoms with Gasteiger partial charge in [-0.3, -0.25) is 4.57 Å². The van der Waals surface area contributed by atoms with Crippen molar-refractivity contribution in [1.29, 1.82) is 0 Å². The van der Waals surface area contributed by atoms with Gasteiger partial charge in [0.15, 0.2) is 0 Å². The zero-order chi connectivity index (χ0) is 22.5. The molecule has 33 heavy (non-hydrogen) atoms. The highest BCUT2D eigenvalue weighted by molar-refractivity contribution is 6.10. The topological polar surface area (TPSA) is 60.2 Å². The fourth-order valence-electron chi connectivity index (χ4n) is 4.46. The van der Waals surface area contributed by atoms with Crippen molar-refractivity contribution in [2.24, 2.45) is 0 Å². The third-order valence-corrected chi connectivity index (χ3v) is 5.96. The van der Waals surface area contributed by atoms with Crippen LogP contribution in [0.15, 0.2) is 84.9 Å². The number of phenolic OH excluding ortho intramolecular Hbond substituents is 1. The van der Waals surface area contributed by atoms with E-state index in [1.807, 2.05) is 55.5 Å². The van der Waals surface area contributed by atoms with Crippen molar-refractivity contribution in [2.75, 3.05) is 0 Å². The van der Waals surface area contributed by atoms with E-state index < -0.39 is 0 Å². The second-order valence-electron chi connectivity index (χ2n) is 8.22. The molecule has 0 unspecified atom stereocenters. The molecule has 3 aromatic heterocycles. The maximum Gasteiger partial charge on any atom is 0.219 e. The van der Waals surface area contributed by atoms with Gasteiger partial charge in [0.05, 0.1) is 11.0 Å². The van der Waals surface area contributed by atoms with Gasteiger partial charge in [-0.1, -0.05) is 36.4 Å². The number of aromatic nitrogens is 3. The van der Waals surface area contributed by atoms with Crippen LogP contribution in [0, 0.1) is 13.8 Å². The number of phenols is 1. The number of benzene rings is 3. The summed E-state index contributed by atoms with van der Waals surface area (Å²) in [6.07, 6.45) is 0. The number of rotatable bonds is 3. The number of aromatic hydroxyl groups is 1. The molecule has 0 atom stereocenters. The predicted octanol–water partition coefficient (Wildman–Crippen LogP) is 6.84. The maximum absolute atomic E-state index is 10.2. The van der Waals surface area contributed by atoms with Crippen LogP contribution in [0.4, 0.5) is 0 Å². The Hall–Kier alpha value is -4.38. The third kappa shape index (κ3) is 3.17. The number of pyridine rings is 2. The van der Waals surface area contributed by atoms with Gasteiger partial charge < -0.3 is 9.84 Å². The van der Waals surface area contributed by atoms with Crippen LogP contribution in [-0.2, 0) is 0 Å². The number of hydrogen-bond donors (Lipinski definition) is 1. The Kier molecular flexibility index (Phi) is 4.30. The van der Waals surface area contributed by atoms with Crippen LogP contribution in [0.2, 0.25) is 0 Å². The summed E-state index contributed by atoms with van der Waals surface area (Å²) >= 11 is 0. The Morgan fingerprint density at radius 2 is 1.64 bits per heavy atom. The van der Waals surface area contributed by atoms with Crippen LogP contribution in [0.1, 0.15) is 11.3 Å². The SMILES string of the molecule is Cc1cccc(-n2c3cc(Oc4ccc5cccc(O)c5n4)ccc3c3cccc(C)c32)n1. The normalized spacial score (nSPS) is 11.5. The van der Waals surface area contributed by atoms with Crippen molar-refractivity contribution in [3.63, 3.8) is 0 Å². The lowest BCUT2D eigenvalue weighted by Gasteiger charge is -2.10. The predicted molar refractivity (Wildman–Crippen MR) is 132 cm³/mol. The Bertz CT molecular complexity index is 1680. The first-order valence-corrected chi connectivity index (χ1v) is 10.8. The largest absolute Gasteiger partial charge is 0.506 e. The first-order chi connectivity index (χ1) is 16.1. The number of fused-ring (bicyclic) bond motifs is 4. The molecule has 6 aromatic rings. The molecule has 0 aliphatic carbocycles. The van der Waals surface area contributed by atoms with Crippen LogP contribution >= 0.6 is 0 Å². The van der Waals surface area contributed by atoms with E-state index in [1.54, 1.807) is 12.1 Å². The van der Waals surface area contributed by atoms with Gasteiger partial charge >= 0.3 is 0 Å². The Morgan fingerprint density at radius 1 is 0.788 bits per heavy atom. The van der Waals surface area contributed by atoms with E-state index in [4.69, 9.17) is 9.72 Å². The van der Waals surface area contributed by atoms with E-state index in [2.05, 4.69) is 40.7 Å². The summed E-state index contributed by atoms with van der Waals surface area (Å²) in [6.45, 7) is 4.12. The summed E-state index contributed by atoms with van der Waals surface area (Å²) in [6, 6.07) is 27.5. The zero-order valence-corrected chi connectivity index (χ0v) is 18.3. The average molecular weight is 431 g/mol. The number of ether oxygens (including phenoxy) is 1. The molecule has 0 spiro atoms. The van der Waals surface area contributed by atoms with Gasteiger partial charge in [0.2, 0.25) is 5.88 Å². The molecule has 0 radical (unpaired) electrons. The number of nitrogens with zero attached hydrogens (tertiary/aromatic N) is 3. The molecule has 3 heterocycles. The highest BCUT2D eigenvalue weighted by atomic mass is 16.5. The van der Waals surface area contributed by atoms with Crippen LogP contribution < -0.4 is 4.74 Å². The monoisotopic (exact) mass is 431 g/mol. The van der Waals surface area contributed by atoms with Gasteiger partial charge in [-0.25, -0.2) is 9.97 Å². The minimum absolute atomic E-state index is 0.134. The van der Waals surface area contributed by atoms with E-state index in [0.717, 1.165) is 33.3 Å². The molecular weight excluding hydrogens is 410 g/mol. The third-order valence-electron chi connectivity index (χ3n) is 5.96. The smallest absolute Gasteiger partial charge is 0.219 e. The van der Waals surface area contributed by atoms with Gasteiger partial charge in [0.1, 0.15) is 22.8 Å². The summed E-state index contributed by atoms with van der Waals surface area (Å²) in [5, 5.41) is 13.3. The second kappa shape index (κ2) is 7.35. The lowest BCUT2D eigenvalue weighted by molar-refractivity contribution is 0.460. The summed E-state index contributed by atoms with van der Waals surface area (Å²) in [7, 11) is 0. The molecule has 0 amide bonds. The molecule has 5 nitrogen and oxygen atoms in total. The van der Waals surface area contributed by atoms with Crippen LogP contribution in [0.25, 0.3) is 38.5 Å². The van der Waals surface area contributed by atoms with Crippen LogP contribution in [0.3, 0.4) is 0 Å². The lowest BCUT2D eigenvalue weighted by Crippen LogP contribution is -1.99. The first-order valence-electron chi connectivity index (χ1n) is 10.8. The van der Waals surface area contributed by atoms with Gasteiger partial charge in [-0.05, 0) is 55.8 Å². The van der Waals surface area contributed by atoms with E-state index in [0.29, 0.717) is 17.1 Å². The molecule has 0 bridgehead atoms. The summed E-state index contributed by atoms with van der Waals surface area (Å²) < 4.78 is 8.33. The summed E-state index contributed by atoms with van der Waals surface area (Å²) in [5.41, 5.74) is 4.81. The van der Waals surface area contributed by atoms with E-state index in [9.17, 15) is 5.11 Å². The minimum Gasteiger partial charge on any atom is -0.506 e. The Morgan fingerprint density at radius 3 is 2.52 bits per heavy atom. The molecule has 0 aliphatic rings. The molecule has 3 aromatic carbocycles. The molecule has 0 saturated heterocycles. The molecule has 160 valence electrons. The number of hydrogen-bond acceptors (Lipinski definition) is 4. The molecule has 0 aliphatic heterocycles. The fourth-order valence-corrected chi connectivity index (χ4v) is 4.46. The molecule has 5 heteroatoms. The second-order valence-corrected chi connectivity index (χ2v) is 8.22. The lowest BCUT2D eigenvalue weighted by atomic mass is 10.1. The van der Waals surface area contributed by atoms with Crippen molar-refractivity contribution in [3.8, 4) is 23.2 Å². The molecule has 0 fully saturated rings. The Labute approximate surface area is 190 Å². The van der Waals surface area contributed by atoms with Crippen LogP contribution in [-0.4, -0.2) is 19.6 Å². The quantitative estimate of drug-likeness (QED) is 0.333. The standard InChI is InChI=1S/C28H21N3O2/c1-17-6-3-9-22-21-14-13-20(33-26-15-12-19-8-5-10-24(32)27(19)30-26)16-23(21)31(28(17)22)25-11-4-7-18(2)29-25/h3-16,32H,1-2H3. The van der Waals surface area contributed by atoms with Crippen molar-refractivity contribution in [1.82, 2.24) is 14.5 Å². The molecule has 0 saturated carbocycles. The summed E-state index contributed by atoms with van der Waals surface area (Å²) in [5.74, 6) is 2.10. The van der Waals surface area contributed by atoms with Crippen molar-refractivity contribution >= 4 is 32.7 Å². The van der Waals surface area contributed by atoms with Gasteiger partial charge in [0.25, 0.3) is 0 Å². The molecule has 6 rings (SSSR count). The van der Waals surface area contributed by atoms with E-state index in [-0.39, 0.29) is 5.75 Å². The number of para-hydroxylation sites is 2. The highest BCUT2D eigenvalue weighted by Crippen LogP contribution is 2.36. The van der Waals surface area contributed by atoms with Crippen LogP contribution in [0.5, 0.6) is 17.4 Å².